The lowest BCUT2D eigenvalue weighted by molar-refractivity contribution is -0.130. The summed E-state index contributed by atoms with van der Waals surface area (Å²) >= 11 is 0. The number of aromatic nitrogens is 2. The molecule has 156 valence electrons. The highest BCUT2D eigenvalue weighted by Crippen LogP contribution is 2.11. The SMILES string of the molecule is C=C(CCC(=O)N1CCC=N1)COc1cnc(C#N)cn1.Cc1cc(F)ccc1F. The Balaban J connectivity index is 0.000000297. The number of nitrogens with zero attached hydrogens (tertiary/aromatic N) is 5. The molecule has 0 saturated carbocycles. The molecule has 30 heavy (non-hydrogen) atoms. The third-order valence-electron chi connectivity index (χ3n) is 3.96. The lowest BCUT2D eigenvalue weighted by Crippen LogP contribution is -2.23. The molecule has 9 heteroatoms. The molecule has 1 aliphatic heterocycles. The maximum absolute atomic E-state index is 12.3. The van der Waals surface area contributed by atoms with Crippen LogP contribution in [0.2, 0.25) is 0 Å². The molecule has 0 radical (unpaired) electrons. The van der Waals surface area contributed by atoms with Gasteiger partial charge in [-0.25, -0.2) is 23.8 Å². The first kappa shape index (κ1) is 22.6. The number of benzene rings is 1. The zero-order chi connectivity index (χ0) is 21.9. The van der Waals surface area contributed by atoms with Gasteiger partial charge in [0, 0.05) is 25.6 Å². The number of nitriles is 1. The summed E-state index contributed by atoms with van der Waals surface area (Å²) in [7, 11) is 0. The van der Waals surface area contributed by atoms with E-state index in [-0.39, 0.29) is 24.0 Å². The van der Waals surface area contributed by atoms with E-state index >= 15 is 0 Å². The third-order valence-corrected chi connectivity index (χ3v) is 3.96. The van der Waals surface area contributed by atoms with E-state index in [4.69, 9.17) is 10.00 Å². The van der Waals surface area contributed by atoms with Gasteiger partial charge in [-0.1, -0.05) is 6.58 Å². The largest absolute Gasteiger partial charge is 0.472 e. The smallest absolute Gasteiger partial charge is 0.242 e. The molecule has 0 atom stereocenters. The third kappa shape index (κ3) is 7.39. The Labute approximate surface area is 173 Å². The minimum absolute atomic E-state index is 0.0111. The van der Waals surface area contributed by atoms with Gasteiger partial charge in [-0.05, 0) is 42.7 Å². The van der Waals surface area contributed by atoms with Crippen LogP contribution in [0.3, 0.4) is 0 Å². The van der Waals surface area contributed by atoms with Gasteiger partial charge in [-0.3, -0.25) is 4.79 Å². The molecule has 7 nitrogen and oxygen atoms in total. The van der Waals surface area contributed by atoms with Crippen LogP contribution >= 0.6 is 0 Å². The molecule has 0 spiro atoms. The number of halogens is 2. The average Bonchev–Trinajstić information content (AvgIpc) is 3.29. The van der Waals surface area contributed by atoms with Gasteiger partial charge in [0.05, 0.1) is 12.4 Å². The van der Waals surface area contributed by atoms with Crippen molar-refractivity contribution >= 4 is 12.1 Å². The number of hydrogen-bond acceptors (Lipinski definition) is 6. The molecule has 0 N–H and O–H groups in total. The summed E-state index contributed by atoms with van der Waals surface area (Å²) in [5.41, 5.74) is 1.37. The van der Waals surface area contributed by atoms with Gasteiger partial charge in [0.25, 0.3) is 0 Å². The summed E-state index contributed by atoms with van der Waals surface area (Å²) in [6.07, 6.45) is 6.17. The first-order chi connectivity index (χ1) is 14.4. The van der Waals surface area contributed by atoms with Crippen molar-refractivity contribution in [3.63, 3.8) is 0 Å². The Hall–Kier alpha value is -3.67. The van der Waals surface area contributed by atoms with Crippen LogP contribution in [-0.2, 0) is 4.79 Å². The zero-order valence-corrected chi connectivity index (χ0v) is 16.5. The minimum atomic E-state index is -0.395. The van der Waals surface area contributed by atoms with Gasteiger partial charge in [0.2, 0.25) is 11.8 Å². The second kappa shape index (κ2) is 11.4. The summed E-state index contributed by atoms with van der Waals surface area (Å²) in [5, 5.41) is 14.1. The predicted octanol–water partition coefficient (Wildman–Crippen LogP) is 3.55. The highest BCUT2D eigenvalue weighted by molar-refractivity contribution is 5.78. The van der Waals surface area contributed by atoms with E-state index in [2.05, 4.69) is 21.6 Å². The van der Waals surface area contributed by atoms with Crippen molar-refractivity contribution in [2.45, 2.75) is 26.2 Å². The van der Waals surface area contributed by atoms with E-state index in [0.717, 1.165) is 30.2 Å². The molecule has 0 saturated heterocycles. The number of hydrazone groups is 1. The van der Waals surface area contributed by atoms with E-state index < -0.39 is 5.82 Å². The summed E-state index contributed by atoms with van der Waals surface area (Å²) in [6.45, 7) is 6.31. The van der Waals surface area contributed by atoms with Crippen molar-refractivity contribution in [3.05, 3.63) is 65.6 Å². The second-order valence-electron chi connectivity index (χ2n) is 6.39. The monoisotopic (exact) mass is 413 g/mol. The van der Waals surface area contributed by atoms with E-state index in [9.17, 15) is 13.6 Å². The van der Waals surface area contributed by atoms with E-state index in [1.54, 1.807) is 6.21 Å². The Morgan fingerprint density at radius 3 is 2.67 bits per heavy atom. The van der Waals surface area contributed by atoms with Gasteiger partial charge in [0.15, 0.2) is 5.69 Å². The fourth-order valence-corrected chi connectivity index (χ4v) is 2.30. The van der Waals surface area contributed by atoms with Crippen LogP contribution in [0.5, 0.6) is 5.88 Å². The number of ether oxygens (including phenoxy) is 1. The number of carbonyl (C=O) groups excluding carboxylic acids is 1. The van der Waals surface area contributed by atoms with Crippen molar-refractivity contribution in [1.82, 2.24) is 15.0 Å². The molecule has 0 bridgehead atoms. The van der Waals surface area contributed by atoms with Crippen molar-refractivity contribution in [1.29, 1.82) is 5.26 Å². The van der Waals surface area contributed by atoms with Crippen molar-refractivity contribution < 1.29 is 18.3 Å². The van der Waals surface area contributed by atoms with Crippen LogP contribution < -0.4 is 4.74 Å². The molecule has 0 fully saturated rings. The molecular formula is C21H21F2N5O2. The molecule has 1 amide bonds. The first-order valence-corrected chi connectivity index (χ1v) is 9.15. The Bertz CT molecular complexity index is 955. The summed E-state index contributed by atoms with van der Waals surface area (Å²) in [6, 6.07) is 5.26. The fraction of sp³-hybridized carbons (Fsp3) is 0.286. The van der Waals surface area contributed by atoms with Crippen LogP contribution in [0.25, 0.3) is 0 Å². The quantitative estimate of drug-likeness (QED) is 0.676. The average molecular weight is 413 g/mol. The molecular weight excluding hydrogens is 392 g/mol. The fourth-order valence-electron chi connectivity index (χ4n) is 2.30. The van der Waals surface area contributed by atoms with Gasteiger partial charge < -0.3 is 4.74 Å². The highest BCUT2D eigenvalue weighted by Gasteiger charge is 2.15. The lowest BCUT2D eigenvalue weighted by atomic mass is 10.1. The highest BCUT2D eigenvalue weighted by atomic mass is 19.1. The molecule has 1 aromatic heterocycles. The minimum Gasteiger partial charge on any atom is -0.472 e. The predicted molar refractivity (Wildman–Crippen MR) is 107 cm³/mol. The number of aryl methyl sites for hydroxylation is 1. The standard InChI is InChI=1S/C14H15N5O2.C7H6F2/c1-11(3-4-14(20)19-6-2-5-18-19)10-21-13-9-16-12(7-15)8-17-13;1-5-4-6(8)2-3-7(5)9/h5,8-9H,1-4,6,10H2;2-4H,1H3. The van der Waals surface area contributed by atoms with Gasteiger partial charge in [0.1, 0.15) is 24.3 Å². The van der Waals surface area contributed by atoms with Crippen LogP contribution in [0.1, 0.15) is 30.5 Å². The van der Waals surface area contributed by atoms with E-state index in [0.29, 0.717) is 30.8 Å². The maximum atomic E-state index is 12.3. The Kier molecular flexibility index (Phi) is 8.56. The van der Waals surface area contributed by atoms with Crippen molar-refractivity contribution in [2.75, 3.05) is 13.2 Å². The molecule has 0 aliphatic carbocycles. The lowest BCUT2D eigenvalue weighted by Gasteiger charge is -2.12. The van der Waals surface area contributed by atoms with Crippen LogP contribution in [0.15, 0.2) is 47.8 Å². The van der Waals surface area contributed by atoms with E-state index in [1.807, 2.05) is 6.07 Å². The first-order valence-electron chi connectivity index (χ1n) is 9.15. The Morgan fingerprint density at radius 1 is 1.30 bits per heavy atom. The number of carbonyl (C=O) groups is 1. The Morgan fingerprint density at radius 2 is 2.10 bits per heavy atom. The van der Waals surface area contributed by atoms with Gasteiger partial charge >= 0.3 is 0 Å². The number of hydrogen-bond donors (Lipinski definition) is 0. The molecule has 0 unspecified atom stereocenters. The molecule has 1 aliphatic rings. The topological polar surface area (TPSA) is 91.5 Å². The normalized spacial score (nSPS) is 12.0. The maximum Gasteiger partial charge on any atom is 0.242 e. The van der Waals surface area contributed by atoms with Gasteiger partial charge in [-0.15, -0.1) is 0 Å². The van der Waals surface area contributed by atoms with Crippen LogP contribution in [0.4, 0.5) is 8.78 Å². The van der Waals surface area contributed by atoms with Crippen molar-refractivity contribution in [3.8, 4) is 11.9 Å². The van der Waals surface area contributed by atoms with Crippen LogP contribution in [0, 0.1) is 29.9 Å². The van der Waals surface area contributed by atoms with Crippen LogP contribution in [-0.4, -0.2) is 40.3 Å². The molecule has 2 aromatic rings. The van der Waals surface area contributed by atoms with Gasteiger partial charge in [-0.2, -0.15) is 10.4 Å². The zero-order valence-electron chi connectivity index (χ0n) is 16.5. The molecule has 2 heterocycles. The number of amides is 1. The second-order valence-corrected chi connectivity index (χ2v) is 6.39. The molecule has 3 rings (SSSR count). The molecule has 1 aromatic carbocycles. The summed E-state index contributed by atoms with van der Waals surface area (Å²) in [4.78, 5) is 19.6. The summed E-state index contributed by atoms with van der Waals surface area (Å²) in [5.74, 6) is -0.445. The van der Waals surface area contributed by atoms with Crippen molar-refractivity contribution in [2.24, 2.45) is 5.10 Å². The number of rotatable bonds is 6. The summed E-state index contributed by atoms with van der Waals surface area (Å²) < 4.78 is 29.9. The van der Waals surface area contributed by atoms with E-state index in [1.165, 1.54) is 24.3 Å².